The summed E-state index contributed by atoms with van der Waals surface area (Å²) in [5.74, 6) is 0.373. The molecule has 1 N–H and O–H groups in total. The summed E-state index contributed by atoms with van der Waals surface area (Å²) in [6.07, 6.45) is 6.11. The Hall–Kier alpha value is -1.77. The van der Waals surface area contributed by atoms with Crippen molar-refractivity contribution in [1.82, 2.24) is 5.32 Å². The Balaban J connectivity index is 1.79. The topological polar surface area (TPSA) is 38.3 Å². The SMILES string of the molecule is C=C[C@@H]1CCCCC1NC(=O)OCc1ccccc1. The van der Waals surface area contributed by atoms with Gasteiger partial charge in [0.15, 0.2) is 0 Å². The zero-order valence-electron chi connectivity index (χ0n) is 11.2. The summed E-state index contributed by atoms with van der Waals surface area (Å²) in [5.41, 5.74) is 1.00. The van der Waals surface area contributed by atoms with Crippen LogP contribution in [0.5, 0.6) is 0 Å². The van der Waals surface area contributed by atoms with Crippen molar-refractivity contribution in [3.05, 3.63) is 48.6 Å². The Kier molecular flexibility index (Phi) is 5.01. The number of alkyl carbamates (subject to hydrolysis) is 1. The van der Waals surface area contributed by atoms with Gasteiger partial charge in [-0.05, 0) is 24.3 Å². The van der Waals surface area contributed by atoms with Crippen LogP contribution in [0.25, 0.3) is 0 Å². The highest BCUT2D eigenvalue weighted by Gasteiger charge is 2.24. The zero-order chi connectivity index (χ0) is 13.5. The maximum absolute atomic E-state index is 11.8. The van der Waals surface area contributed by atoms with Gasteiger partial charge in [-0.3, -0.25) is 0 Å². The van der Waals surface area contributed by atoms with Crippen molar-refractivity contribution in [2.45, 2.75) is 38.3 Å². The lowest BCUT2D eigenvalue weighted by molar-refractivity contribution is 0.129. The van der Waals surface area contributed by atoms with Crippen molar-refractivity contribution in [3.8, 4) is 0 Å². The van der Waals surface area contributed by atoms with Crippen LogP contribution in [0.3, 0.4) is 0 Å². The van der Waals surface area contributed by atoms with E-state index in [0.717, 1.165) is 24.8 Å². The maximum Gasteiger partial charge on any atom is 0.407 e. The second-order valence-electron chi connectivity index (χ2n) is 5.00. The van der Waals surface area contributed by atoms with Crippen LogP contribution < -0.4 is 5.32 Å². The highest BCUT2D eigenvalue weighted by Crippen LogP contribution is 2.25. The van der Waals surface area contributed by atoms with Crippen molar-refractivity contribution in [2.24, 2.45) is 5.92 Å². The number of nitrogens with one attached hydrogen (secondary N) is 1. The van der Waals surface area contributed by atoms with E-state index in [4.69, 9.17) is 4.74 Å². The summed E-state index contributed by atoms with van der Waals surface area (Å²) < 4.78 is 5.24. The molecule has 2 atom stereocenters. The van der Waals surface area contributed by atoms with Crippen LogP contribution in [0.4, 0.5) is 4.79 Å². The van der Waals surface area contributed by atoms with Gasteiger partial charge in [0.05, 0.1) is 0 Å². The molecule has 0 aromatic heterocycles. The highest BCUT2D eigenvalue weighted by molar-refractivity contribution is 5.67. The fraction of sp³-hybridized carbons (Fsp3) is 0.438. The Morgan fingerprint density at radius 3 is 2.79 bits per heavy atom. The van der Waals surface area contributed by atoms with Gasteiger partial charge in [0.1, 0.15) is 6.61 Å². The van der Waals surface area contributed by atoms with Gasteiger partial charge in [-0.2, -0.15) is 0 Å². The molecule has 1 aromatic carbocycles. The third-order valence-electron chi connectivity index (χ3n) is 3.64. The second kappa shape index (κ2) is 6.98. The van der Waals surface area contributed by atoms with Gasteiger partial charge >= 0.3 is 6.09 Å². The molecule has 1 unspecified atom stereocenters. The summed E-state index contributed by atoms with van der Waals surface area (Å²) in [5, 5.41) is 2.96. The van der Waals surface area contributed by atoms with Crippen LogP contribution >= 0.6 is 0 Å². The van der Waals surface area contributed by atoms with Crippen molar-refractivity contribution in [3.63, 3.8) is 0 Å². The van der Waals surface area contributed by atoms with Crippen LogP contribution in [0.2, 0.25) is 0 Å². The predicted octanol–water partition coefficient (Wildman–Crippen LogP) is 3.66. The smallest absolute Gasteiger partial charge is 0.407 e. The molecule has 0 aliphatic heterocycles. The van der Waals surface area contributed by atoms with E-state index in [2.05, 4.69) is 11.9 Å². The average molecular weight is 259 g/mol. The number of hydrogen-bond donors (Lipinski definition) is 1. The van der Waals surface area contributed by atoms with Gasteiger partial charge in [-0.1, -0.05) is 49.2 Å². The van der Waals surface area contributed by atoms with Crippen LogP contribution in [-0.4, -0.2) is 12.1 Å². The number of carbonyl (C=O) groups excluding carboxylic acids is 1. The number of ether oxygens (including phenoxy) is 1. The van der Waals surface area contributed by atoms with E-state index in [1.807, 2.05) is 36.4 Å². The van der Waals surface area contributed by atoms with E-state index in [-0.39, 0.29) is 12.1 Å². The first-order chi connectivity index (χ1) is 9.29. The van der Waals surface area contributed by atoms with Gasteiger partial charge < -0.3 is 10.1 Å². The molecule has 0 bridgehead atoms. The molecule has 1 aliphatic carbocycles. The van der Waals surface area contributed by atoms with Gasteiger partial charge in [0.2, 0.25) is 0 Å². The first-order valence-corrected chi connectivity index (χ1v) is 6.89. The maximum atomic E-state index is 11.8. The summed E-state index contributed by atoms with van der Waals surface area (Å²) in [6.45, 7) is 4.16. The molecule has 1 fully saturated rings. The molecule has 0 heterocycles. The average Bonchev–Trinajstić information content (AvgIpc) is 2.47. The van der Waals surface area contributed by atoms with Gasteiger partial charge in [0, 0.05) is 6.04 Å². The van der Waals surface area contributed by atoms with E-state index < -0.39 is 0 Å². The van der Waals surface area contributed by atoms with Crippen LogP contribution in [-0.2, 0) is 11.3 Å². The van der Waals surface area contributed by atoms with Crippen LogP contribution in [0.15, 0.2) is 43.0 Å². The molecule has 19 heavy (non-hydrogen) atoms. The fourth-order valence-corrected chi connectivity index (χ4v) is 2.54. The van der Waals surface area contributed by atoms with E-state index in [1.54, 1.807) is 0 Å². The number of benzene rings is 1. The van der Waals surface area contributed by atoms with Crippen LogP contribution in [0.1, 0.15) is 31.2 Å². The molecule has 2 rings (SSSR count). The summed E-state index contributed by atoms with van der Waals surface area (Å²) in [6, 6.07) is 9.88. The molecule has 1 saturated carbocycles. The fourth-order valence-electron chi connectivity index (χ4n) is 2.54. The minimum atomic E-state index is -0.331. The third-order valence-corrected chi connectivity index (χ3v) is 3.64. The standard InChI is InChI=1S/C16H21NO2/c1-2-14-10-6-7-11-15(14)17-16(18)19-12-13-8-4-3-5-9-13/h2-5,8-9,14-15H,1,6-7,10-12H2,(H,17,18)/t14-,15?/m1/s1. The van der Waals surface area contributed by atoms with Crippen molar-refractivity contribution in [2.75, 3.05) is 0 Å². The minimum Gasteiger partial charge on any atom is -0.445 e. The number of hydrogen-bond acceptors (Lipinski definition) is 2. The Morgan fingerprint density at radius 2 is 2.05 bits per heavy atom. The molecule has 0 spiro atoms. The Morgan fingerprint density at radius 1 is 1.32 bits per heavy atom. The molecule has 1 aliphatic rings. The monoisotopic (exact) mass is 259 g/mol. The molecule has 3 nitrogen and oxygen atoms in total. The molecular formula is C16H21NO2. The lowest BCUT2D eigenvalue weighted by Crippen LogP contribution is -2.41. The van der Waals surface area contributed by atoms with Crippen molar-refractivity contribution in [1.29, 1.82) is 0 Å². The minimum absolute atomic E-state index is 0.175. The molecule has 1 aromatic rings. The van der Waals surface area contributed by atoms with Gasteiger partial charge in [-0.15, -0.1) is 6.58 Å². The Labute approximate surface area is 114 Å². The lowest BCUT2D eigenvalue weighted by atomic mass is 9.85. The van der Waals surface area contributed by atoms with Crippen LogP contribution in [0, 0.1) is 5.92 Å². The molecule has 102 valence electrons. The van der Waals surface area contributed by atoms with E-state index >= 15 is 0 Å². The van der Waals surface area contributed by atoms with Gasteiger partial charge in [-0.25, -0.2) is 4.79 Å². The third kappa shape index (κ3) is 4.12. The number of rotatable bonds is 4. The molecular weight excluding hydrogens is 238 g/mol. The summed E-state index contributed by atoms with van der Waals surface area (Å²) in [7, 11) is 0. The van der Waals surface area contributed by atoms with Crippen molar-refractivity contribution >= 4 is 6.09 Å². The van der Waals surface area contributed by atoms with Gasteiger partial charge in [0.25, 0.3) is 0 Å². The first kappa shape index (κ1) is 13.7. The molecule has 0 saturated heterocycles. The quantitative estimate of drug-likeness (QED) is 0.838. The second-order valence-corrected chi connectivity index (χ2v) is 5.00. The van der Waals surface area contributed by atoms with Crippen molar-refractivity contribution < 1.29 is 9.53 Å². The molecule has 1 amide bonds. The summed E-state index contributed by atoms with van der Waals surface area (Å²) in [4.78, 5) is 11.8. The first-order valence-electron chi connectivity index (χ1n) is 6.89. The van der Waals surface area contributed by atoms with E-state index in [9.17, 15) is 4.79 Å². The summed E-state index contributed by atoms with van der Waals surface area (Å²) >= 11 is 0. The molecule has 3 heteroatoms. The molecule has 0 radical (unpaired) electrons. The largest absolute Gasteiger partial charge is 0.445 e. The number of carbonyl (C=O) groups is 1. The highest BCUT2D eigenvalue weighted by atomic mass is 16.5. The normalized spacial score (nSPS) is 22.5. The lowest BCUT2D eigenvalue weighted by Gasteiger charge is -2.29. The predicted molar refractivity (Wildman–Crippen MR) is 75.7 cm³/mol. The number of amides is 1. The Bertz CT molecular complexity index is 416. The zero-order valence-corrected chi connectivity index (χ0v) is 11.2. The van der Waals surface area contributed by atoms with E-state index in [0.29, 0.717) is 12.5 Å². The van der Waals surface area contributed by atoms with E-state index in [1.165, 1.54) is 6.42 Å².